The zero-order chi connectivity index (χ0) is 20.8. The summed E-state index contributed by atoms with van der Waals surface area (Å²) in [6.07, 6.45) is 0.453. The van der Waals surface area contributed by atoms with E-state index in [1.54, 1.807) is 11.6 Å². The fraction of sp³-hybridized carbons (Fsp3) is 0.524. The first kappa shape index (κ1) is 19.8. The zero-order valence-corrected chi connectivity index (χ0v) is 16.3. The van der Waals surface area contributed by atoms with E-state index in [0.717, 1.165) is 50.8 Å². The van der Waals surface area contributed by atoms with Crippen molar-refractivity contribution in [3.63, 3.8) is 0 Å². The average Bonchev–Trinajstić information content (AvgIpc) is 3.25. The minimum Gasteiger partial charge on any atom is -0.348 e. The molecule has 2 heterocycles. The van der Waals surface area contributed by atoms with Crippen LogP contribution in [0.15, 0.2) is 24.3 Å². The Kier molecular flexibility index (Phi) is 5.04. The van der Waals surface area contributed by atoms with Gasteiger partial charge in [-0.05, 0) is 56.4 Å². The molecule has 0 spiro atoms. The highest BCUT2D eigenvalue weighted by Gasteiger charge is 2.33. The lowest BCUT2D eigenvalue weighted by atomic mass is 9.90. The SMILES string of the molecule is Cn1c(C(=O)NC2CCC(N3CCCC3=O)CC2)cc2cc(C(F)(F)F)ccc21. The van der Waals surface area contributed by atoms with Crippen LogP contribution in [0, 0.1) is 0 Å². The van der Waals surface area contributed by atoms with Gasteiger partial charge in [-0.15, -0.1) is 0 Å². The van der Waals surface area contributed by atoms with Crippen LogP contribution in [0.5, 0.6) is 0 Å². The number of carbonyl (C=O) groups is 2. The molecular weight excluding hydrogens is 383 g/mol. The molecule has 2 fully saturated rings. The molecule has 8 heteroatoms. The second kappa shape index (κ2) is 7.39. The summed E-state index contributed by atoms with van der Waals surface area (Å²) in [7, 11) is 1.68. The number of fused-ring (bicyclic) bond motifs is 1. The van der Waals surface area contributed by atoms with E-state index < -0.39 is 11.7 Å². The maximum absolute atomic E-state index is 12.9. The van der Waals surface area contributed by atoms with Crippen molar-refractivity contribution in [2.75, 3.05) is 6.54 Å². The van der Waals surface area contributed by atoms with Crippen molar-refractivity contribution in [1.29, 1.82) is 0 Å². The molecule has 1 N–H and O–H groups in total. The third-order valence-electron chi connectivity index (χ3n) is 6.19. The van der Waals surface area contributed by atoms with Crippen LogP contribution in [0.2, 0.25) is 0 Å². The topological polar surface area (TPSA) is 54.3 Å². The summed E-state index contributed by atoms with van der Waals surface area (Å²) in [5, 5.41) is 3.41. The maximum Gasteiger partial charge on any atom is 0.416 e. The van der Waals surface area contributed by atoms with Gasteiger partial charge in [-0.1, -0.05) is 0 Å². The van der Waals surface area contributed by atoms with Crippen molar-refractivity contribution >= 4 is 22.7 Å². The second-order valence-electron chi connectivity index (χ2n) is 8.03. The van der Waals surface area contributed by atoms with Gasteiger partial charge in [0.1, 0.15) is 5.69 Å². The van der Waals surface area contributed by atoms with Gasteiger partial charge in [0.05, 0.1) is 5.56 Å². The van der Waals surface area contributed by atoms with E-state index in [0.29, 0.717) is 23.0 Å². The Morgan fingerprint density at radius 2 is 1.86 bits per heavy atom. The number of nitrogens with zero attached hydrogens (tertiary/aromatic N) is 2. The maximum atomic E-state index is 12.9. The lowest BCUT2D eigenvalue weighted by Gasteiger charge is -2.34. The molecule has 2 amide bonds. The molecular formula is C21H24F3N3O2. The van der Waals surface area contributed by atoms with Gasteiger partial charge in [0.2, 0.25) is 5.91 Å². The number of aromatic nitrogens is 1. The van der Waals surface area contributed by atoms with Crippen LogP contribution in [-0.2, 0) is 18.0 Å². The summed E-state index contributed by atoms with van der Waals surface area (Å²) in [5.74, 6) is -0.0517. The zero-order valence-electron chi connectivity index (χ0n) is 16.3. The molecule has 1 saturated carbocycles. The highest BCUT2D eigenvalue weighted by Crippen LogP contribution is 2.32. The van der Waals surface area contributed by atoms with E-state index in [2.05, 4.69) is 5.32 Å². The van der Waals surface area contributed by atoms with Gasteiger partial charge >= 0.3 is 6.18 Å². The van der Waals surface area contributed by atoms with Crippen LogP contribution in [0.1, 0.15) is 54.6 Å². The van der Waals surface area contributed by atoms with Gasteiger partial charge in [-0.3, -0.25) is 9.59 Å². The van der Waals surface area contributed by atoms with Crippen LogP contribution in [-0.4, -0.2) is 39.9 Å². The molecule has 156 valence electrons. The average molecular weight is 407 g/mol. The number of halogens is 3. The normalized spacial score (nSPS) is 23.0. The summed E-state index contributed by atoms with van der Waals surface area (Å²) in [6.45, 7) is 0.830. The van der Waals surface area contributed by atoms with Crippen LogP contribution in [0.25, 0.3) is 10.9 Å². The Bertz CT molecular complexity index is 943. The molecule has 1 aliphatic carbocycles. The molecule has 2 aromatic rings. The molecule has 0 atom stereocenters. The number of aryl methyl sites for hydroxylation is 1. The summed E-state index contributed by atoms with van der Waals surface area (Å²) < 4.78 is 40.5. The first-order valence-corrected chi connectivity index (χ1v) is 10.0. The van der Waals surface area contributed by atoms with E-state index >= 15 is 0 Å². The summed E-state index contributed by atoms with van der Waals surface area (Å²) >= 11 is 0. The van der Waals surface area contributed by atoms with Gasteiger partial charge < -0.3 is 14.8 Å². The fourth-order valence-corrected chi connectivity index (χ4v) is 4.59. The van der Waals surface area contributed by atoms with E-state index in [-0.39, 0.29) is 23.9 Å². The highest BCUT2D eigenvalue weighted by atomic mass is 19.4. The number of alkyl halides is 3. The standard InChI is InChI=1S/C21H24F3N3O2/c1-26-17-9-4-14(21(22,23)24)11-13(17)12-18(26)20(29)25-15-5-7-16(8-6-15)27-10-2-3-19(27)28/h4,9,11-12,15-16H,2-3,5-8,10H2,1H3,(H,25,29). The minimum atomic E-state index is -4.41. The van der Waals surface area contributed by atoms with E-state index in [1.807, 2.05) is 4.90 Å². The first-order valence-electron chi connectivity index (χ1n) is 10.0. The predicted octanol–water partition coefficient (Wildman–Crippen LogP) is 3.86. The van der Waals surface area contributed by atoms with Crippen LogP contribution >= 0.6 is 0 Å². The highest BCUT2D eigenvalue weighted by molar-refractivity contribution is 5.99. The second-order valence-corrected chi connectivity index (χ2v) is 8.03. The van der Waals surface area contributed by atoms with Gasteiger partial charge in [0, 0.05) is 43.0 Å². The molecule has 0 unspecified atom stereocenters. The molecule has 0 bridgehead atoms. The Hall–Kier alpha value is -2.51. The van der Waals surface area contributed by atoms with Crippen molar-refractivity contribution in [1.82, 2.24) is 14.8 Å². The molecule has 5 nitrogen and oxygen atoms in total. The predicted molar refractivity (Wildman–Crippen MR) is 102 cm³/mol. The van der Waals surface area contributed by atoms with Crippen LogP contribution in [0.3, 0.4) is 0 Å². The number of likely N-dealkylation sites (tertiary alicyclic amines) is 1. The first-order chi connectivity index (χ1) is 13.7. The van der Waals surface area contributed by atoms with Crippen molar-refractivity contribution in [3.05, 3.63) is 35.5 Å². The number of hydrogen-bond donors (Lipinski definition) is 1. The van der Waals surface area contributed by atoms with Gasteiger partial charge in [0.25, 0.3) is 5.91 Å². The van der Waals surface area contributed by atoms with Crippen molar-refractivity contribution in [2.45, 2.75) is 56.8 Å². The van der Waals surface area contributed by atoms with Crippen molar-refractivity contribution in [3.8, 4) is 0 Å². The van der Waals surface area contributed by atoms with Gasteiger partial charge in [-0.25, -0.2) is 0 Å². The molecule has 4 rings (SSSR count). The molecule has 2 aliphatic rings. The Morgan fingerprint density at radius 1 is 1.14 bits per heavy atom. The fourth-order valence-electron chi connectivity index (χ4n) is 4.59. The van der Waals surface area contributed by atoms with Crippen LogP contribution in [0.4, 0.5) is 13.2 Å². The van der Waals surface area contributed by atoms with E-state index in [1.165, 1.54) is 12.1 Å². The number of rotatable bonds is 3. The third-order valence-corrected chi connectivity index (χ3v) is 6.19. The van der Waals surface area contributed by atoms with Crippen LogP contribution < -0.4 is 5.32 Å². The van der Waals surface area contributed by atoms with Gasteiger partial charge in [0.15, 0.2) is 0 Å². The van der Waals surface area contributed by atoms with Crippen molar-refractivity contribution < 1.29 is 22.8 Å². The molecule has 0 radical (unpaired) electrons. The molecule has 1 aromatic heterocycles. The summed E-state index contributed by atoms with van der Waals surface area (Å²) in [4.78, 5) is 26.6. The molecule has 29 heavy (non-hydrogen) atoms. The summed E-state index contributed by atoms with van der Waals surface area (Å²) in [5.41, 5.74) is 0.202. The van der Waals surface area contributed by atoms with E-state index in [9.17, 15) is 22.8 Å². The molecule has 1 aromatic carbocycles. The Morgan fingerprint density at radius 3 is 2.48 bits per heavy atom. The lowest BCUT2D eigenvalue weighted by molar-refractivity contribution is -0.137. The van der Waals surface area contributed by atoms with Gasteiger partial charge in [-0.2, -0.15) is 13.2 Å². The molecule has 1 saturated heterocycles. The largest absolute Gasteiger partial charge is 0.416 e. The minimum absolute atomic E-state index is 0.0141. The number of amides is 2. The Labute approximate surface area is 166 Å². The Balaban J connectivity index is 1.43. The number of hydrogen-bond acceptors (Lipinski definition) is 2. The summed E-state index contributed by atoms with van der Waals surface area (Å²) in [6, 6.07) is 5.29. The smallest absolute Gasteiger partial charge is 0.348 e. The number of nitrogens with one attached hydrogen (secondary N) is 1. The number of benzene rings is 1. The lowest BCUT2D eigenvalue weighted by Crippen LogP contribution is -2.44. The van der Waals surface area contributed by atoms with E-state index in [4.69, 9.17) is 0 Å². The molecule has 1 aliphatic heterocycles. The quantitative estimate of drug-likeness (QED) is 0.840. The monoisotopic (exact) mass is 407 g/mol. The number of carbonyl (C=O) groups excluding carboxylic acids is 2. The third kappa shape index (κ3) is 3.84. The van der Waals surface area contributed by atoms with Crippen molar-refractivity contribution in [2.24, 2.45) is 7.05 Å².